The van der Waals surface area contributed by atoms with E-state index in [2.05, 4.69) is 4.72 Å². The second-order valence-corrected chi connectivity index (χ2v) is 9.21. The monoisotopic (exact) mass is 321 g/mol. The predicted octanol–water partition coefficient (Wildman–Crippen LogP) is 2.11. The Bertz CT molecular complexity index is 518. The summed E-state index contributed by atoms with van der Waals surface area (Å²) in [5, 5.41) is 9.51. The molecule has 1 aliphatic rings. The topological polar surface area (TPSA) is 66.4 Å². The maximum atomic E-state index is 12.2. The van der Waals surface area contributed by atoms with Crippen molar-refractivity contribution in [2.24, 2.45) is 0 Å². The maximum Gasteiger partial charge on any atom is 0.250 e. The molecule has 1 aromatic heterocycles. The van der Waals surface area contributed by atoms with Crippen molar-refractivity contribution >= 4 is 33.1 Å². The Morgan fingerprint density at radius 3 is 2.84 bits per heavy atom. The fraction of sp³-hybridized carbons (Fsp3) is 0.667. The zero-order chi connectivity index (χ0) is 13.9. The first kappa shape index (κ1) is 15.3. The summed E-state index contributed by atoms with van der Waals surface area (Å²) < 4.78 is 27.3. The van der Waals surface area contributed by atoms with Crippen LogP contribution in [0.5, 0.6) is 0 Å². The van der Waals surface area contributed by atoms with Crippen LogP contribution in [0.3, 0.4) is 0 Å². The Morgan fingerprint density at radius 2 is 2.26 bits per heavy atom. The molecule has 0 aromatic carbocycles. The lowest BCUT2D eigenvalue weighted by molar-refractivity contribution is 0.285. The highest BCUT2D eigenvalue weighted by Gasteiger charge is 2.21. The van der Waals surface area contributed by atoms with Crippen molar-refractivity contribution in [2.75, 3.05) is 12.3 Å². The molecular formula is C12H19NO3S3. The minimum Gasteiger partial charge on any atom is -0.391 e. The van der Waals surface area contributed by atoms with E-state index in [1.54, 1.807) is 6.07 Å². The average Bonchev–Trinajstić information content (AvgIpc) is 2.80. The molecule has 2 N–H and O–H groups in total. The molecule has 0 radical (unpaired) electrons. The van der Waals surface area contributed by atoms with E-state index >= 15 is 0 Å². The summed E-state index contributed by atoms with van der Waals surface area (Å²) in [5.74, 6) is 1.12. The van der Waals surface area contributed by atoms with Gasteiger partial charge >= 0.3 is 0 Å². The normalized spacial score (nSPS) is 20.6. The van der Waals surface area contributed by atoms with Gasteiger partial charge in [-0.2, -0.15) is 11.8 Å². The van der Waals surface area contributed by atoms with Crippen LogP contribution in [0.1, 0.15) is 29.7 Å². The van der Waals surface area contributed by atoms with Crippen molar-refractivity contribution < 1.29 is 13.5 Å². The summed E-state index contributed by atoms with van der Waals surface area (Å²) in [6, 6.07) is 1.63. The first-order valence-electron chi connectivity index (χ1n) is 6.34. The minimum atomic E-state index is -3.43. The molecule has 1 aromatic rings. The Balaban J connectivity index is 2.00. The second-order valence-electron chi connectivity index (χ2n) is 4.67. The molecule has 0 saturated carbocycles. The lowest BCUT2D eigenvalue weighted by Gasteiger charge is -2.21. The highest BCUT2D eigenvalue weighted by Crippen LogP contribution is 2.27. The third-order valence-electron chi connectivity index (χ3n) is 3.18. The molecule has 0 aliphatic carbocycles. The summed E-state index contributed by atoms with van der Waals surface area (Å²) in [4.78, 5) is 0.715. The van der Waals surface area contributed by atoms with Gasteiger partial charge in [-0.25, -0.2) is 13.1 Å². The first-order chi connectivity index (χ1) is 9.03. The van der Waals surface area contributed by atoms with Gasteiger partial charge in [0.05, 0.1) is 6.61 Å². The van der Waals surface area contributed by atoms with Crippen LogP contribution < -0.4 is 4.72 Å². The van der Waals surface area contributed by atoms with Gasteiger partial charge in [0.1, 0.15) is 4.21 Å². The molecule has 7 heteroatoms. The zero-order valence-electron chi connectivity index (χ0n) is 10.9. The molecule has 1 atom stereocenters. The maximum absolute atomic E-state index is 12.2. The number of aliphatic hydroxyl groups excluding tert-OH is 1. The third kappa shape index (κ3) is 3.95. The van der Waals surface area contributed by atoms with E-state index < -0.39 is 10.0 Å². The van der Waals surface area contributed by atoms with Gasteiger partial charge in [-0.3, -0.25) is 0 Å². The van der Waals surface area contributed by atoms with Gasteiger partial charge in [0.15, 0.2) is 0 Å². The fourth-order valence-corrected chi connectivity index (χ4v) is 5.94. The Morgan fingerprint density at radius 1 is 1.47 bits per heavy atom. The lowest BCUT2D eigenvalue weighted by Crippen LogP contribution is -2.31. The van der Waals surface area contributed by atoms with Gasteiger partial charge in [0.2, 0.25) is 10.0 Å². The van der Waals surface area contributed by atoms with Crippen molar-refractivity contribution in [3.05, 3.63) is 16.5 Å². The van der Waals surface area contributed by atoms with Crippen LogP contribution in [0.15, 0.2) is 10.3 Å². The number of rotatable bonds is 5. The van der Waals surface area contributed by atoms with Crippen LogP contribution >= 0.6 is 23.1 Å². The smallest absolute Gasteiger partial charge is 0.250 e. The number of sulfonamides is 1. The van der Waals surface area contributed by atoms with Gasteiger partial charge in [0.25, 0.3) is 0 Å². The SMILES string of the molecule is Cc1cc(S(=O)(=O)NCC2CCCCS2)sc1CO. The van der Waals surface area contributed by atoms with Crippen LogP contribution in [0.25, 0.3) is 0 Å². The molecular weight excluding hydrogens is 302 g/mol. The fourth-order valence-electron chi connectivity index (χ4n) is 2.02. The van der Waals surface area contributed by atoms with Crippen LogP contribution in [-0.2, 0) is 16.6 Å². The van der Waals surface area contributed by atoms with Crippen LogP contribution in [0.2, 0.25) is 0 Å². The molecule has 1 fully saturated rings. The standard InChI is InChI=1S/C12H19NO3S3/c1-9-6-12(18-11(9)8-14)19(15,16)13-7-10-4-2-3-5-17-10/h6,10,13-14H,2-5,7-8H2,1H3. The summed E-state index contributed by atoms with van der Waals surface area (Å²) >= 11 is 2.99. The quantitative estimate of drug-likeness (QED) is 0.872. The number of thioether (sulfide) groups is 1. The summed E-state index contributed by atoms with van der Waals surface area (Å²) in [6.45, 7) is 2.21. The molecule has 2 rings (SSSR count). The van der Waals surface area contributed by atoms with Crippen molar-refractivity contribution in [3.63, 3.8) is 0 Å². The van der Waals surface area contributed by atoms with E-state index in [0.29, 0.717) is 20.9 Å². The predicted molar refractivity (Wildman–Crippen MR) is 80.3 cm³/mol. The summed E-state index contributed by atoms with van der Waals surface area (Å²) in [5.41, 5.74) is 0.833. The van der Waals surface area contributed by atoms with Gasteiger partial charge < -0.3 is 5.11 Å². The van der Waals surface area contributed by atoms with Gasteiger partial charge in [-0.05, 0) is 37.1 Å². The zero-order valence-corrected chi connectivity index (χ0v) is 13.3. The molecule has 108 valence electrons. The number of thiophene rings is 1. The molecule has 0 spiro atoms. The molecule has 1 saturated heterocycles. The van der Waals surface area contributed by atoms with Crippen molar-refractivity contribution in [1.82, 2.24) is 4.72 Å². The Labute approximate surface area is 122 Å². The molecule has 0 bridgehead atoms. The number of aryl methyl sites for hydroxylation is 1. The molecule has 2 heterocycles. The Kier molecular flexibility index (Phi) is 5.30. The van der Waals surface area contributed by atoms with E-state index in [-0.39, 0.29) is 6.61 Å². The first-order valence-corrected chi connectivity index (χ1v) is 9.69. The number of aliphatic hydroxyl groups is 1. The van der Waals surface area contributed by atoms with E-state index in [9.17, 15) is 8.42 Å². The molecule has 4 nitrogen and oxygen atoms in total. The van der Waals surface area contributed by atoms with Gasteiger partial charge in [0, 0.05) is 16.7 Å². The summed E-state index contributed by atoms with van der Waals surface area (Å²) in [7, 11) is -3.43. The second kappa shape index (κ2) is 6.58. The van der Waals surface area contributed by atoms with Crippen LogP contribution in [0.4, 0.5) is 0 Å². The van der Waals surface area contributed by atoms with E-state index in [1.165, 1.54) is 12.8 Å². The average molecular weight is 321 g/mol. The third-order valence-corrected chi connectivity index (χ3v) is 7.70. The van der Waals surface area contributed by atoms with Gasteiger partial charge in [-0.15, -0.1) is 11.3 Å². The van der Waals surface area contributed by atoms with Crippen LogP contribution in [0, 0.1) is 6.92 Å². The minimum absolute atomic E-state index is 0.107. The molecule has 1 aliphatic heterocycles. The van der Waals surface area contributed by atoms with E-state index in [0.717, 1.165) is 29.1 Å². The molecule has 0 amide bonds. The van der Waals surface area contributed by atoms with E-state index in [1.807, 2.05) is 18.7 Å². The molecule has 1 unspecified atom stereocenters. The molecule has 19 heavy (non-hydrogen) atoms. The van der Waals surface area contributed by atoms with Crippen molar-refractivity contribution in [1.29, 1.82) is 0 Å². The Hall–Kier alpha value is -0.0800. The largest absolute Gasteiger partial charge is 0.391 e. The van der Waals surface area contributed by atoms with E-state index in [4.69, 9.17) is 5.11 Å². The van der Waals surface area contributed by atoms with Crippen molar-refractivity contribution in [3.8, 4) is 0 Å². The highest BCUT2D eigenvalue weighted by atomic mass is 32.2. The number of hydrogen-bond donors (Lipinski definition) is 2. The summed E-state index contributed by atoms with van der Waals surface area (Å²) in [6.07, 6.45) is 3.50. The number of hydrogen-bond acceptors (Lipinski definition) is 5. The highest BCUT2D eigenvalue weighted by molar-refractivity contribution is 8.00. The van der Waals surface area contributed by atoms with Gasteiger partial charge in [-0.1, -0.05) is 6.42 Å². The van der Waals surface area contributed by atoms with Crippen LogP contribution in [-0.4, -0.2) is 31.1 Å². The van der Waals surface area contributed by atoms with Crippen molar-refractivity contribution in [2.45, 2.75) is 42.3 Å². The number of nitrogens with one attached hydrogen (secondary N) is 1. The lowest BCUT2D eigenvalue weighted by atomic mass is 10.2.